The lowest BCUT2D eigenvalue weighted by Gasteiger charge is -2.20. The Bertz CT molecular complexity index is 731. The van der Waals surface area contributed by atoms with Gasteiger partial charge in [-0.2, -0.15) is 0 Å². The Morgan fingerprint density at radius 2 is 1.96 bits per heavy atom. The molecule has 0 aliphatic heterocycles. The second-order valence-corrected chi connectivity index (χ2v) is 7.33. The molecular formula is C19H23NO3S. The Labute approximate surface area is 146 Å². The molecule has 1 aliphatic carbocycles. The summed E-state index contributed by atoms with van der Waals surface area (Å²) in [6.07, 6.45) is 6.51. The first-order valence-electron chi connectivity index (χ1n) is 8.67. The summed E-state index contributed by atoms with van der Waals surface area (Å²) in [5.74, 6) is 0.0982. The van der Waals surface area contributed by atoms with Gasteiger partial charge in [-0.05, 0) is 31.7 Å². The van der Waals surface area contributed by atoms with Crippen LogP contribution in [0.3, 0.4) is 0 Å². The first-order valence-corrected chi connectivity index (χ1v) is 9.49. The number of rotatable bonds is 5. The predicted molar refractivity (Wildman–Crippen MR) is 97.6 cm³/mol. The fourth-order valence-corrected chi connectivity index (χ4v) is 4.48. The predicted octanol–water partition coefficient (Wildman–Crippen LogP) is 4.99. The number of anilines is 1. The van der Waals surface area contributed by atoms with E-state index < -0.39 is 0 Å². The van der Waals surface area contributed by atoms with Gasteiger partial charge < -0.3 is 10.1 Å². The van der Waals surface area contributed by atoms with Gasteiger partial charge in [0.25, 0.3) is 0 Å². The number of carbonyl (C=O) groups excluding carboxylic acids is 2. The topological polar surface area (TPSA) is 55.4 Å². The van der Waals surface area contributed by atoms with E-state index in [0.29, 0.717) is 29.5 Å². The Morgan fingerprint density at radius 1 is 1.21 bits per heavy atom. The summed E-state index contributed by atoms with van der Waals surface area (Å²) in [6, 6.07) is 7.68. The molecule has 1 amide bonds. The van der Waals surface area contributed by atoms with Crippen molar-refractivity contribution in [3.8, 4) is 0 Å². The van der Waals surface area contributed by atoms with Crippen LogP contribution < -0.4 is 5.32 Å². The van der Waals surface area contributed by atoms with Crippen molar-refractivity contribution in [1.29, 1.82) is 0 Å². The van der Waals surface area contributed by atoms with Crippen molar-refractivity contribution >= 4 is 38.3 Å². The summed E-state index contributed by atoms with van der Waals surface area (Å²) in [4.78, 5) is 24.8. The van der Waals surface area contributed by atoms with Gasteiger partial charge >= 0.3 is 5.97 Å². The second kappa shape index (κ2) is 7.79. The molecule has 0 bridgehead atoms. The van der Waals surface area contributed by atoms with E-state index in [1.54, 1.807) is 6.92 Å². The van der Waals surface area contributed by atoms with Crippen LogP contribution in [-0.4, -0.2) is 18.5 Å². The Balaban J connectivity index is 1.81. The lowest BCUT2D eigenvalue weighted by Crippen LogP contribution is -2.19. The van der Waals surface area contributed by atoms with E-state index in [9.17, 15) is 9.59 Å². The quantitative estimate of drug-likeness (QED) is 0.777. The third-order valence-corrected chi connectivity index (χ3v) is 5.61. The summed E-state index contributed by atoms with van der Waals surface area (Å²) < 4.78 is 6.16. The highest BCUT2D eigenvalue weighted by atomic mass is 32.1. The van der Waals surface area contributed by atoms with E-state index in [-0.39, 0.29) is 11.9 Å². The minimum atomic E-state index is -0.372. The molecule has 0 unspecified atom stereocenters. The van der Waals surface area contributed by atoms with Crippen LogP contribution in [-0.2, 0) is 9.53 Å². The highest BCUT2D eigenvalue weighted by molar-refractivity contribution is 7.23. The van der Waals surface area contributed by atoms with Crippen molar-refractivity contribution in [1.82, 2.24) is 0 Å². The van der Waals surface area contributed by atoms with E-state index in [1.165, 1.54) is 30.6 Å². The molecule has 2 aromatic rings. The number of thiophene rings is 1. The molecule has 1 N–H and O–H groups in total. The highest BCUT2D eigenvalue weighted by Crippen LogP contribution is 2.36. The average molecular weight is 345 g/mol. The Kier molecular flexibility index (Phi) is 5.51. The molecule has 0 spiro atoms. The molecule has 0 radical (unpaired) electrons. The average Bonchev–Trinajstić information content (AvgIpc) is 2.93. The number of amides is 1. The van der Waals surface area contributed by atoms with Crippen LogP contribution in [0.25, 0.3) is 10.1 Å². The zero-order valence-corrected chi connectivity index (χ0v) is 14.8. The van der Waals surface area contributed by atoms with Gasteiger partial charge in [0.05, 0.1) is 6.61 Å². The second-order valence-electron chi connectivity index (χ2n) is 6.28. The van der Waals surface area contributed by atoms with Crippen LogP contribution in [0.4, 0.5) is 5.00 Å². The normalized spacial score (nSPS) is 15.4. The standard InChI is InChI=1S/C19H23NO3S/c1-2-23-19(22)17-14-10-6-7-11-15(14)24-18(17)20-16(21)12-13-8-4-3-5-9-13/h6-7,10-11,13H,2-5,8-9,12H2,1H3,(H,20,21). The van der Waals surface area contributed by atoms with Gasteiger partial charge in [0, 0.05) is 16.5 Å². The monoisotopic (exact) mass is 345 g/mol. The van der Waals surface area contributed by atoms with Crippen molar-refractivity contribution in [2.24, 2.45) is 5.92 Å². The van der Waals surface area contributed by atoms with E-state index in [1.807, 2.05) is 24.3 Å². The van der Waals surface area contributed by atoms with Crippen molar-refractivity contribution in [3.05, 3.63) is 29.8 Å². The molecule has 3 rings (SSSR count). The SMILES string of the molecule is CCOC(=O)c1c(NC(=O)CC2CCCCC2)sc2ccccc12. The minimum absolute atomic E-state index is 0.000922. The van der Waals surface area contributed by atoms with Gasteiger partial charge in [-0.1, -0.05) is 37.5 Å². The maximum atomic E-state index is 12.4. The van der Waals surface area contributed by atoms with E-state index >= 15 is 0 Å². The zero-order valence-electron chi connectivity index (χ0n) is 14.0. The van der Waals surface area contributed by atoms with E-state index in [4.69, 9.17) is 4.74 Å². The first-order chi connectivity index (χ1) is 11.7. The lowest BCUT2D eigenvalue weighted by atomic mass is 9.87. The molecule has 128 valence electrons. The van der Waals surface area contributed by atoms with E-state index in [2.05, 4.69) is 5.32 Å². The number of ether oxygens (including phenoxy) is 1. The van der Waals surface area contributed by atoms with Crippen LogP contribution in [0.2, 0.25) is 0 Å². The Morgan fingerprint density at radius 3 is 2.71 bits per heavy atom. The zero-order chi connectivity index (χ0) is 16.9. The van der Waals surface area contributed by atoms with Gasteiger partial charge in [-0.25, -0.2) is 4.79 Å². The first kappa shape index (κ1) is 17.0. The molecule has 1 aliphatic rings. The van der Waals surface area contributed by atoms with Crippen molar-refractivity contribution < 1.29 is 14.3 Å². The maximum absolute atomic E-state index is 12.4. The molecule has 5 heteroatoms. The number of benzene rings is 1. The number of esters is 1. The molecule has 1 aromatic carbocycles. The molecule has 1 aromatic heterocycles. The summed E-state index contributed by atoms with van der Waals surface area (Å²) >= 11 is 1.44. The fourth-order valence-electron chi connectivity index (χ4n) is 3.37. The molecule has 1 saturated carbocycles. The molecule has 24 heavy (non-hydrogen) atoms. The third kappa shape index (κ3) is 3.78. The number of carbonyl (C=O) groups is 2. The van der Waals surface area contributed by atoms with Crippen molar-refractivity contribution in [2.45, 2.75) is 45.4 Å². The number of fused-ring (bicyclic) bond motifs is 1. The van der Waals surface area contributed by atoms with Crippen LogP contribution in [0, 0.1) is 5.92 Å². The number of hydrogen-bond donors (Lipinski definition) is 1. The Hall–Kier alpha value is -1.88. The molecule has 0 atom stereocenters. The number of nitrogens with one attached hydrogen (secondary N) is 1. The smallest absolute Gasteiger partial charge is 0.341 e. The largest absolute Gasteiger partial charge is 0.462 e. The van der Waals surface area contributed by atoms with Gasteiger partial charge in [-0.3, -0.25) is 4.79 Å². The van der Waals surface area contributed by atoms with Crippen molar-refractivity contribution in [3.63, 3.8) is 0 Å². The van der Waals surface area contributed by atoms with Gasteiger partial charge in [0.15, 0.2) is 0 Å². The molecule has 1 heterocycles. The maximum Gasteiger partial charge on any atom is 0.341 e. The molecule has 0 saturated heterocycles. The van der Waals surface area contributed by atoms with Crippen LogP contribution in [0.15, 0.2) is 24.3 Å². The van der Waals surface area contributed by atoms with E-state index in [0.717, 1.165) is 22.9 Å². The third-order valence-electron chi connectivity index (χ3n) is 4.53. The molecule has 1 fully saturated rings. The van der Waals surface area contributed by atoms with Crippen LogP contribution in [0.5, 0.6) is 0 Å². The summed E-state index contributed by atoms with van der Waals surface area (Å²) in [7, 11) is 0. The van der Waals surface area contributed by atoms with Gasteiger partial charge in [-0.15, -0.1) is 11.3 Å². The lowest BCUT2D eigenvalue weighted by molar-refractivity contribution is -0.117. The fraction of sp³-hybridized carbons (Fsp3) is 0.474. The van der Waals surface area contributed by atoms with Crippen LogP contribution >= 0.6 is 11.3 Å². The summed E-state index contributed by atoms with van der Waals surface area (Å²) in [6.45, 7) is 2.10. The highest BCUT2D eigenvalue weighted by Gasteiger charge is 2.23. The summed E-state index contributed by atoms with van der Waals surface area (Å²) in [5, 5.41) is 4.41. The van der Waals surface area contributed by atoms with Crippen LogP contribution in [0.1, 0.15) is 55.8 Å². The summed E-state index contributed by atoms with van der Waals surface area (Å²) in [5.41, 5.74) is 0.481. The molecular weight excluding hydrogens is 322 g/mol. The van der Waals surface area contributed by atoms with Gasteiger partial charge in [0.2, 0.25) is 5.91 Å². The number of hydrogen-bond acceptors (Lipinski definition) is 4. The van der Waals surface area contributed by atoms with Crippen molar-refractivity contribution in [2.75, 3.05) is 11.9 Å². The van der Waals surface area contributed by atoms with Gasteiger partial charge in [0.1, 0.15) is 10.6 Å². The minimum Gasteiger partial charge on any atom is -0.462 e. The molecule has 4 nitrogen and oxygen atoms in total.